The molecule has 0 bridgehead atoms. The smallest absolute Gasteiger partial charge is 0.323 e. The van der Waals surface area contributed by atoms with Crippen LogP contribution in [0.25, 0.3) is 0 Å². The molecule has 0 atom stereocenters. The summed E-state index contributed by atoms with van der Waals surface area (Å²) in [7, 11) is 1.57. The van der Waals surface area contributed by atoms with Gasteiger partial charge in [-0.3, -0.25) is 4.79 Å². The molecule has 1 saturated heterocycles. The lowest BCUT2D eigenvalue weighted by atomic mass is 10.1. The Hall–Kier alpha value is -4.04. The first-order valence-corrected chi connectivity index (χ1v) is 12.5. The third-order valence-corrected chi connectivity index (χ3v) is 6.44. The highest BCUT2D eigenvalue weighted by Gasteiger charge is 2.16. The van der Waals surface area contributed by atoms with Crippen molar-refractivity contribution in [1.29, 1.82) is 0 Å². The Labute approximate surface area is 218 Å². The molecular weight excluding hydrogens is 468 g/mol. The topological polar surface area (TPSA) is 91.9 Å². The van der Waals surface area contributed by atoms with Crippen molar-refractivity contribution in [3.8, 4) is 17.2 Å². The Morgan fingerprint density at radius 3 is 2.46 bits per heavy atom. The van der Waals surface area contributed by atoms with E-state index in [0.717, 1.165) is 30.8 Å². The van der Waals surface area contributed by atoms with Crippen LogP contribution < -0.4 is 25.4 Å². The number of hydrogen-bond acceptors (Lipinski definition) is 5. The number of amides is 3. The molecule has 0 saturated carbocycles. The van der Waals surface area contributed by atoms with Gasteiger partial charge in [0.25, 0.3) is 5.91 Å². The number of rotatable bonds is 9. The van der Waals surface area contributed by atoms with Crippen LogP contribution in [0, 0.1) is 13.8 Å². The van der Waals surface area contributed by atoms with Gasteiger partial charge in [-0.2, -0.15) is 0 Å². The molecule has 1 aliphatic rings. The van der Waals surface area contributed by atoms with Crippen LogP contribution in [-0.4, -0.2) is 50.1 Å². The highest BCUT2D eigenvalue weighted by atomic mass is 16.5. The van der Waals surface area contributed by atoms with Crippen LogP contribution in [0.4, 0.5) is 16.2 Å². The molecule has 0 spiro atoms. The van der Waals surface area contributed by atoms with E-state index in [9.17, 15) is 9.59 Å². The summed E-state index contributed by atoms with van der Waals surface area (Å²) in [5, 5.41) is 8.61. The molecule has 0 aromatic heterocycles. The highest BCUT2D eigenvalue weighted by molar-refractivity contribution is 6.02. The normalized spacial score (nSPS) is 13.2. The number of anilines is 2. The number of methoxy groups -OCH3 is 1. The van der Waals surface area contributed by atoms with Crippen LogP contribution in [0.5, 0.6) is 17.2 Å². The fraction of sp³-hybridized carbons (Fsp3) is 0.310. The number of nitrogens with zero attached hydrogens (tertiary/aromatic N) is 1. The van der Waals surface area contributed by atoms with Gasteiger partial charge in [-0.1, -0.05) is 12.1 Å². The largest absolute Gasteiger partial charge is 0.497 e. The van der Waals surface area contributed by atoms with Gasteiger partial charge in [-0.05, 0) is 93.4 Å². The lowest BCUT2D eigenvalue weighted by molar-refractivity contribution is 0.0949. The monoisotopic (exact) mass is 502 g/mol. The van der Waals surface area contributed by atoms with Crippen LogP contribution in [0.2, 0.25) is 0 Å². The number of aryl methyl sites for hydroxylation is 2. The first-order valence-electron chi connectivity index (χ1n) is 12.5. The zero-order chi connectivity index (χ0) is 26.2. The number of carbonyl (C=O) groups excluding carboxylic acids is 2. The summed E-state index contributed by atoms with van der Waals surface area (Å²) in [4.78, 5) is 28.1. The predicted molar refractivity (Wildman–Crippen MR) is 146 cm³/mol. The maximum atomic E-state index is 12.9. The Bertz CT molecular complexity index is 1250. The molecule has 1 fully saturated rings. The Morgan fingerprint density at radius 2 is 1.70 bits per heavy atom. The van der Waals surface area contributed by atoms with E-state index in [1.165, 1.54) is 12.8 Å². The second-order valence-electron chi connectivity index (χ2n) is 9.17. The fourth-order valence-corrected chi connectivity index (χ4v) is 4.18. The third kappa shape index (κ3) is 7.24. The summed E-state index contributed by atoms with van der Waals surface area (Å²) in [6.45, 7) is 7.60. The molecule has 0 aliphatic carbocycles. The zero-order valence-electron chi connectivity index (χ0n) is 21.6. The molecule has 0 radical (unpaired) electrons. The predicted octanol–water partition coefficient (Wildman–Crippen LogP) is 5.57. The van der Waals surface area contributed by atoms with Crippen molar-refractivity contribution >= 4 is 23.3 Å². The SMILES string of the molecule is COc1cccc(NC(=O)Nc2cc(C(=O)NCCN3CCCC3)ccc2Oc2ccc(C)c(C)c2)c1. The molecule has 0 unspecified atom stereocenters. The van der Waals surface area contributed by atoms with Gasteiger partial charge in [-0.15, -0.1) is 0 Å². The molecule has 3 N–H and O–H groups in total. The van der Waals surface area contributed by atoms with Crippen molar-refractivity contribution in [2.45, 2.75) is 26.7 Å². The molecule has 3 aromatic rings. The second-order valence-corrected chi connectivity index (χ2v) is 9.17. The van der Waals surface area contributed by atoms with E-state index in [2.05, 4.69) is 20.9 Å². The van der Waals surface area contributed by atoms with Crippen LogP contribution in [0.15, 0.2) is 60.7 Å². The highest BCUT2D eigenvalue weighted by Crippen LogP contribution is 2.32. The summed E-state index contributed by atoms with van der Waals surface area (Å²) >= 11 is 0. The van der Waals surface area contributed by atoms with Gasteiger partial charge >= 0.3 is 6.03 Å². The Kier molecular flexibility index (Phi) is 8.64. The van der Waals surface area contributed by atoms with Gasteiger partial charge in [0.1, 0.15) is 11.5 Å². The third-order valence-electron chi connectivity index (χ3n) is 6.44. The average Bonchev–Trinajstić information content (AvgIpc) is 3.41. The summed E-state index contributed by atoms with van der Waals surface area (Å²) in [6, 6.07) is 17.4. The standard InChI is InChI=1S/C29H34N4O4/c1-20-9-11-25(17-21(20)2)37-27-12-10-22(28(34)30-13-16-33-14-4-5-15-33)18-26(27)32-29(35)31-23-7-6-8-24(19-23)36-3/h6-12,17-19H,4-5,13-16H2,1-3H3,(H,30,34)(H2,31,32,35). The van der Waals surface area contributed by atoms with Gasteiger partial charge in [0.2, 0.25) is 0 Å². The average molecular weight is 503 g/mol. The number of likely N-dealkylation sites (tertiary alicyclic amines) is 1. The van der Waals surface area contributed by atoms with Gasteiger partial charge in [0.05, 0.1) is 12.8 Å². The second kappa shape index (κ2) is 12.3. The lowest BCUT2D eigenvalue weighted by Crippen LogP contribution is -2.33. The van der Waals surface area contributed by atoms with E-state index >= 15 is 0 Å². The number of ether oxygens (including phenoxy) is 2. The number of hydrogen-bond donors (Lipinski definition) is 3. The van der Waals surface area contributed by atoms with E-state index in [1.54, 1.807) is 49.6 Å². The first kappa shape index (κ1) is 26.0. The molecule has 194 valence electrons. The van der Waals surface area contributed by atoms with E-state index in [4.69, 9.17) is 9.47 Å². The van der Waals surface area contributed by atoms with E-state index in [0.29, 0.717) is 40.7 Å². The van der Waals surface area contributed by atoms with Crippen molar-refractivity contribution < 1.29 is 19.1 Å². The molecule has 4 rings (SSSR count). The molecule has 1 aliphatic heterocycles. The minimum Gasteiger partial charge on any atom is -0.497 e. The first-order chi connectivity index (χ1) is 17.9. The minimum atomic E-state index is -0.468. The number of nitrogens with one attached hydrogen (secondary N) is 3. The fourth-order valence-electron chi connectivity index (χ4n) is 4.18. The minimum absolute atomic E-state index is 0.201. The van der Waals surface area contributed by atoms with Crippen molar-refractivity contribution in [2.75, 3.05) is 43.9 Å². The summed E-state index contributed by atoms with van der Waals surface area (Å²) in [5.41, 5.74) is 3.64. The van der Waals surface area contributed by atoms with Crippen LogP contribution >= 0.6 is 0 Å². The quantitative estimate of drug-likeness (QED) is 0.356. The van der Waals surface area contributed by atoms with E-state index < -0.39 is 6.03 Å². The summed E-state index contributed by atoms with van der Waals surface area (Å²) in [6.07, 6.45) is 2.42. The Morgan fingerprint density at radius 1 is 0.892 bits per heavy atom. The Balaban J connectivity index is 1.51. The molecule has 37 heavy (non-hydrogen) atoms. The van der Waals surface area contributed by atoms with Crippen LogP contribution in [0.3, 0.4) is 0 Å². The van der Waals surface area contributed by atoms with Crippen molar-refractivity contribution in [3.05, 3.63) is 77.4 Å². The van der Waals surface area contributed by atoms with Gasteiger partial charge in [0.15, 0.2) is 5.75 Å². The molecule has 1 heterocycles. The zero-order valence-corrected chi connectivity index (χ0v) is 21.6. The molecule has 8 heteroatoms. The maximum Gasteiger partial charge on any atom is 0.323 e. The lowest BCUT2D eigenvalue weighted by Gasteiger charge is -2.16. The van der Waals surface area contributed by atoms with E-state index in [-0.39, 0.29) is 5.91 Å². The maximum absolute atomic E-state index is 12.9. The number of carbonyl (C=O) groups is 2. The summed E-state index contributed by atoms with van der Waals surface area (Å²) < 4.78 is 11.3. The van der Waals surface area contributed by atoms with Crippen molar-refractivity contribution in [2.24, 2.45) is 0 Å². The van der Waals surface area contributed by atoms with E-state index in [1.807, 2.05) is 32.0 Å². The van der Waals surface area contributed by atoms with Gasteiger partial charge < -0.3 is 30.3 Å². The van der Waals surface area contributed by atoms with Crippen LogP contribution in [0.1, 0.15) is 34.3 Å². The van der Waals surface area contributed by atoms with Crippen molar-refractivity contribution in [3.63, 3.8) is 0 Å². The molecule has 3 aromatic carbocycles. The molecule has 8 nitrogen and oxygen atoms in total. The number of benzene rings is 3. The summed E-state index contributed by atoms with van der Waals surface area (Å²) in [5.74, 6) is 1.50. The van der Waals surface area contributed by atoms with Crippen LogP contribution in [-0.2, 0) is 0 Å². The molecular formula is C29H34N4O4. The van der Waals surface area contributed by atoms with Crippen molar-refractivity contribution in [1.82, 2.24) is 10.2 Å². The van der Waals surface area contributed by atoms with Gasteiger partial charge in [0, 0.05) is 30.4 Å². The molecule has 3 amide bonds. The number of urea groups is 1. The van der Waals surface area contributed by atoms with Gasteiger partial charge in [-0.25, -0.2) is 4.79 Å².